The van der Waals surface area contributed by atoms with Crippen LogP contribution in [-0.4, -0.2) is 41.8 Å². The number of benzene rings is 1. The zero-order valence-electron chi connectivity index (χ0n) is 16.7. The molecule has 6 heteroatoms. The summed E-state index contributed by atoms with van der Waals surface area (Å²) in [7, 11) is 0. The number of carbonyl (C=O) groups is 2. The van der Waals surface area contributed by atoms with Crippen molar-refractivity contribution < 1.29 is 19.1 Å². The van der Waals surface area contributed by atoms with Gasteiger partial charge in [-0.25, -0.2) is 9.59 Å². The Morgan fingerprint density at radius 1 is 1.11 bits per heavy atom. The van der Waals surface area contributed by atoms with Gasteiger partial charge in [-0.15, -0.1) is 0 Å². The summed E-state index contributed by atoms with van der Waals surface area (Å²) in [6.45, 7) is 6.89. The quantitative estimate of drug-likeness (QED) is 0.844. The van der Waals surface area contributed by atoms with Gasteiger partial charge < -0.3 is 19.7 Å². The lowest BCUT2D eigenvalue weighted by atomic mass is 10.1. The lowest BCUT2D eigenvalue weighted by Crippen LogP contribution is -2.47. The molecule has 0 bridgehead atoms. The van der Waals surface area contributed by atoms with Crippen molar-refractivity contribution in [2.24, 2.45) is 0 Å². The van der Waals surface area contributed by atoms with Crippen LogP contribution in [0, 0.1) is 0 Å². The minimum atomic E-state index is -0.535. The molecule has 1 heterocycles. The van der Waals surface area contributed by atoms with E-state index in [0.29, 0.717) is 13.1 Å². The standard InChI is InChI=1S/C21H32N2O4/c1-21(2,3)27-20(25)23-14-10-5-4-9-13-18(15-23)22-19(24)26-16-17-11-7-6-8-12-17/h6-8,11-12,18H,4-5,9-10,13-16H2,1-3H3,(H,22,24). The molecule has 6 nitrogen and oxygen atoms in total. The Kier molecular flexibility index (Phi) is 7.95. The molecule has 1 atom stereocenters. The summed E-state index contributed by atoms with van der Waals surface area (Å²) in [5.74, 6) is 0. The second kappa shape index (κ2) is 10.2. The molecule has 1 aromatic carbocycles. The molecule has 2 rings (SSSR count). The molecule has 0 aromatic heterocycles. The van der Waals surface area contributed by atoms with E-state index < -0.39 is 11.7 Å². The first-order valence-corrected chi connectivity index (χ1v) is 9.78. The Morgan fingerprint density at radius 2 is 1.81 bits per heavy atom. The van der Waals surface area contributed by atoms with E-state index in [2.05, 4.69) is 5.32 Å². The minimum absolute atomic E-state index is 0.140. The third-order valence-electron chi connectivity index (χ3n) is 4.36. The number of carbonyl (C=O) groups excluding carboxylic acids is 2. The van der Waals surface area contributed by atoms with Crippen LogP contribution in [0.2, 0.25) is 0 Å². The molecular formula is C21H32N2O4. The number of nitrogens with one attached hydrogen (secondary N) is 1. The van der Waals surface area contributed by atoms with Crippen molar-refractivity contribution >= 4 is 12.2 Å². The van der Waals surface area contributed by atoms with Gasteiger partial charge in [0.25, 0.3) is 0 Å². The number of rotatable bonds is 3. The van der Waals surface area contributed by atoms with E-state index in [0.717, 1.165) is 37.7 Å². The van der Waals surface area contributed by atoms with Gasteiger partial charge in [0.15, 0.2) is 0 Å². The number of hydrogen-bond donors (Lipinski definition) is 1. The number of nitrogens with zero attached hydrogens (tertiary/aromatic N) is 1. The average molecular weight is 376 g/mol. The fourth-order valence-corrected chi connectivity index (χ4v) is 3.04. The molecule has 150 valence electrons. The number of ether oxygens (including phenoxy) is 2. The summed E-state index contributed by atoms with van der Waals surface area (Å²) < 4.78 is 10.8. The largest absolute Gasteiger partial charge is 0.445 e. The lowest BCUT2D eigenvalue weighted by molar-refractivity contribution is 0.0228. The number of amides is 2. The summed E-state index contributed by atoms with van der Waals surface area (Å²) in [6.07, 6.45) is 4.18. The topological polar surface area (TPSA) is 67.9 Å². The van der Waals surface area contributed by atoms with E-state index in [1.165, 1.54) is 0 Å². The molecule has 27 heavy (non-hydrogen) atoms. The Hall–Kier alpha value is -2.24. The summed E-state index contributed by atoms with van der Waals surface area (Å²) in [5.41, 5.74) is 0.407. The highest BCUT2D eigenvalue weighted by atomic mass is 16.6. The predicted octanol–water partition coefficient (Wildman–Crippen LogP) is 4.48. The van der Waals surface area contributed by atoms with Crippen molar-refractivity contribution in [3.8, 4) is 0 Å². The zero-order valence-corrected chi connectivity index (χ0v) is 16.7. The fraction of sp³-hybridized carbons (Fsp3) is 0.619. The van der Waals surface area contributed by atoms with Gasteiger partial charge in [-0.1, -0.05) is 49.6 Å². The highest BCUT2D eigenvalue weighted by Gasteiger charge is 2.26. The van der Waals surface area contributed by atoms with Gasteiger partial charge in [-0.2, -0.15) is 0 Å². The van der Waals surface area contributed by atoms with Crippen LogP contribution < -0.4 is 5.32 Å². The first-order chi connectivity index (χ1) is 12.8. The van der Waals surface area contributed by atoms with Crippen LogP contribution in [0.5, 0.6) is 0 Å². The highest BCUT2D eigenvalue weighted by Crippen LogP contribution is 2.16. The van der Waals surface area contributed by atoms with E-state index in [4.69, 9.17) is 9.47 Å². The molecule has 1 aliphatic rings. The fourth-order valence-electron chi connectivity index (χ4n) is 3.04. The molecule has 0 spiro atoms. The van der Waals surface area contributed by atoms with Crippen LogP contribution in [0.1, 0.15) is 58.4 Å². The van der Waals surface area contributed by atoms with Crippen LogP contribution in [0.25, 0.3) is 0 Å². The maximum Gasteiger partial charge on any atom is 0.410 e. The van der Waals surface area contributed by atoms with Gasteiger partial charge in [0.1, 0.15) is 12.2 Å². The van der Waals surface area contributed by atoms with Crippen LogP contribution >= 0.6 is 0 Å². The van der Waals surface area contributed by atoms with Gasteiger partial charge in [0.05, 0.1) is 0 Å². The van der Waals surface area contributed by atoms with Crippen molar-refractivity contribution in [3.05, 3.63) is 35.9 Å². The highest BCUT2D eigenvalue weighted by molar-refractivity contribution is 5.69. The molecule has 1 aromatic rings. The number of hydrogen-bond acceptors (Lipinski definition) is 4. The maximum atomic E-state index is 12.5. The van der Waals surface area contributed by atoms with Crippen molar-refractivity contribution in [3.63, 3.8) is 0 Å². The van der Waals surface area contributed by atoms with Gasteiger partial charge in [-0.05, 0) is 39.2 Å². The Bertz CT molecular complexity index is 598. The summed E-state index contributed by atoms with van der Waals surface area (Å²) in [4.78, 5) is 26.4. The smallest absolute Gasteiger partial charge is 0.410 e. The van der Waals surface area contributed by atoms with Crippen molar-refractivity contribution in [1.82, 2.24) is 10.2 Å². The molecule has 1 N–H and O–H groups in total. The van der Waals surface area contributed by atoms with E-state index >= 15 is 0 Å². The normalized spacial score (nSPS) is 18.6. The molecule has 0 radical (unpaired) electrons. The molecule has 2 amide bonds. The van der Waals surface area contributed by atoms with Gasteiger partial charge in [0.2, 0.25) is 0 Å². The van der Waals surface area contributed by atoms with Gasteiger partial charge >= 0.3 is 12.2 Å². The molecule has 1 saturated heterocycles. The Morgan fingerprint density at radius 3 is 2.52 bits per heavy atom. The first-order valence-electron chi connectivity index (χ1n) is 9.78. The lowest BCUT2D eigenvalue weighted by Gasteiger charge is -2.30. The zero-order chi connectivity index (χ0) is 19.7. The molecule has 1 fully saturated rings. The molecule has 0 saturated carbocycles. The number of alkyl carbamates (subject to hydrolysis) is 1. The van der Waals surface area contributed by atoms with E-state index in [1.54, 1.807) is 4.90 Å². The third-order valence-corrected chi connectivity index (χ3v) is 4.36. The second-order valence-corrected chi connectivity index (χ2v) is 8.03. The van der Waals surface area contributed by atoms with Crippen molar-refractivity contribution in [1.29, 1.82) is 0 Å². The summed E-state index contributed by atoms with van der Waals surface area (Å²) in [6, 6.07) is 9.43. The van der Waals surface area contributed by atoms with Crippen LogP contribution in [0.4, 0.5) is 9.59 Å². The Balaban J connectivity index is 1.91. The van der Waals surface area contributed by atoms with E-state index in [1.807, 2.05) is 51.1 Å². The van der Waals surface area contributed by atoms with Crippen LogP contribution in [0.3, 0.4) is 0 Å². The van der Waals surface area contributed by atoms with Crippen LogP contribution in [0.15, 0.2) is 30.3 Å². The van der Waals surface area contributed by atoms with Crippen molar-refractivity contribution in [2.75, 3.05) is 13.1 Å². The Labute approximate surface area is 162 Å². The summed E-state index contributed by atoms with van der Waals surface area (Å²) in [5, 5.41) is 2.92. The van der Waals surface area contributed by atoms with Crippen molar-refractivity contribution in [2.45, 2.75) is 71.1 Å². The third kappa shape index (κ3) is 8.33. The average Bonchev–Trinajstić information content (AvgIpc) is 2.72. The van der Waals surface area contributed by atoms with Gasteiger partial charge in [-0.3, -0.25) is 0 Å². The summed E-state index contributed by atoms with van der Waals surface area (Å²) >= 11 is 0. The minimum Gasteiger partial charge on any atom is -0.445 e. The molecule has 1 unspecified atom stereocenters. The molecule has 0 aliphatic carbocycles. The second-order valence-electron chi connectivity index (χ2n) is 8.03. The van der Waals surface area contributed by atoms with Gasteiger partial charge in [0, 0.05) is 19.1 Å². The van der Waals surface area contributed by atoms with Crippen LogP contribution in [-0.2, 0) is 16.1 Å². The predicted molar refractivity (Wildman–Crippen MR) is 104 cm³/mol. The molecular weight excluding hydrogens is 344 g/mol. The monoisotopic (exact) mass is 376 g/mol. The molecule has 1 aliphatic heterocycles. The maximum absolute atomic E-state index is 12.5. The van der Waals surface area contributed by atoms with E-state index in [9.17, 15) is 9.59 Å². The van der Waals surface area contributed by atoms with E-state index in [-0.39, 0.29) is 18.7 Å². The SMILES string of the molecule is CC(C)(C)OC(=O)N1CCCCCCC(NC(=O)OCc2ccccc2)C1. The first kappa shape index (κ1) is 21.1.